The molecule has 1 aromatic heterocycles. The highest BCUT2D eigenvalue weighted by molar-refractivity contribution is 5.95. The third-order valence-corrected chi connectivity index (χ3v) is 3.24. The Labute approximate surface area is 106 Å². The molecule has 0 aliphatic heterocycles. The molecule has 0 fully saturated rings. The van der Waals surface area contributed by atoms with Gasteiger partial charge in [-0.2, -0.15) is 0 Å². The minimum absolute atomic E-state index is 0.0495. The molecule has 0 bridgehead atoms. The van der Waals surface area contributed by atoms with E-state index in [1.807, 2.05) is 19.1 Å². The summed E-state index contributed by atoms with van der Waals surface area (Å²) in [4.78, 5) is 0. The summed E-state index contributed by atoms with van der Waals surface area (Å²) in [7, 11) is 0. The molecule has 0 aliphatic rings. The lowest BCUT2D eigenvalue weighted by molar-refractivity contribution is 0.572. The molecule has 2 nitrogen and oxygen atoms in total. The standard InChI is InChI=1S/C16H15NO/c1-11(17)12-4-2-5-13(8-12)15-7-3-6-14-9-18-10-16(14)15/h2-11H,17H2,1H3/t11-/m1/s1. The van der Waals surface area contributed by atoms with Gasteiger partial charge >= 0.3 is 0 Å². The van der Waals surface area contributed by atoms with Crippen LogP contribution in [0.5, 0.6) is 0 Å². The summed E-state index contributed by atoms with van der Waals surface area (Å²) < 4.78 is 5.28. The van der Waals surface area contributed by atoms with Crippen LogP contribution in [-0.4, -0.2) is 0 Å². The molecule has 0 saturated heterocycles. The zero-order chi connectivity index (χ0) is 12.5. The second kappa shape index (κ2) is 4.31. The summed E-state index contributed by atoms with van der Waals surface area (Å²) in [6.07, 6.45) is 3.57. The minimum atomic E-state index is 0.0495. The molecule has 0 spiro atoms. The Morgan fingerprint density at radius 1 is 1.06 bits per heavy atom. The van der Waals surface area contributed by atoms with E-state index >= 15 is 0 Å². The highest BCUT2D eigenvalue weighted by Gasteiger charge is 2.07. The normalized spacial score (nSPS) is 12.8. The zero-order valence-corrected chi connectivity index (χ0v) is 10.3. The van der Waals surface area contributed by atoms with E-state index in [4.69, 9.17) is 10.2 Å². The molecule has 3 rings (SSSR count). The third-order valence-electron chi connectivity index (χ3n) is 3.24. The molecule has 0 aliphatic carbocycles. The predicted molar refractivity (Wildman–Crippen MR) is 74.3 cm³/mol. The van der Waals surface area contributed by atoms with Crippen LogP contribution in [0, 0.1) is 0 Å². The molecule has 0 amide bonds. The maximum atomic E-state index is 5.93. The summed E-state index contributed by atoms with van der Waals surface area (Å²) in [5.74, 6) is 0. The summed E-state index contributed by atoms with van der Waals surface area (Å²) in [6, 6.07) is 14.6. The van der Waals surface area contributed by atoms with Gasteiger partial charge in [0.2, 0.25) is 0 Å². The molecule has 1 heterocycles. The van der Waals surface area contributed by atoms with Gasteiger partial charge < -0.3 is 10.2 Å². The minimum Gasteiger partial charge on any atom is -0.471 e. The van der Waals surface area contributed by atoms with E-state index in [2.05, 4.69) is 30.3 Å². The van der Waals surface area contributed by atoms with Crippen LogP contribution < -0.4 is 5.73 Å². The second-order valence-electron chi connectivity index (χ2n) is 4.59. The Morgan fingerprint density at radius 2 is 1.89 bits per heavy atom. The first-order valence-electron chi connectivity index (χ1n) is 6.06. The predicted octanol–water partition coefficient (Wildman–Crippen LogP) is 4.12. The van der Waals surface area contributed by atoms with Crippen LogP contribution in [0.25, 0.3) is 21.9 Å². The van der Waals surface area contributed by atoms with Crippen LogP contribution in [-0.2, 0) is 0 Å². The number of rotatable bonds is 2. The number of hydrogen-bond donors (Lipinski definition) is 1. The monoisotopic (exact) mass is 237 g/mol. The number of hydrogen-bond acceptors (Lipinski definition) is 2. The Balaban J connectivity index is 2.20. The fourth-order valence-corrected chi connectivity index (χ4v) is 2.23. The average Bonchev–Trinajstić information content (AvgIpc) is 2.87. The van der Waals surface area contributed by atoms with Gasteiger partial charge in [-0.25, -0.2) is 0 Å². The summed E-state index contributed by atoms with van der Waals surface area (Å²) in [5, 5.41) is 2.26. The van der Waals surface area contributed by atoms with Gasteiger partial charge in [-0.15, -0.1) is 0 Å². The fraction of sp³-hybridized carbons (Fsp3) is 0.125. The van der Waals surface area contributed by atoms with Gasteiger partial charge in [0.05, 0.1) is 12.5 Å². The Hall–Kier alpha value is -2.06. The van der Waals surface area contributed by atoms with Gasteiger partial charge in [0.1, 0.15) is 0 Å². The molecule has 1 atom stereocenters. The van der Waals surface area contributed by atoms with Gasteiger partial charge in [-0.05, 0) is 29.7 Å². The molecule has 2 N–H and O–H groups in total. The topological polar surface area (TPSA) is 39.2 Å². The maximum Gasteiger partial charge on any atom is 0.0987 e. The first kappa shape index (κ1) is 11.1. The molecule has 0 saturated carbocycles. The van der Waals surface area contributed by atoms with Crippen LogP contribution in [0.4, 0.5) is 0 Å². The molecule has 0 unspecified atom stereocenters. The van der Waals surface area contributed by atoms with Crippen molar-refractivity contribution in [1.29, 1.82) is 0 Å². The van der Waals surface area contributed by atoms with Gasteiger partial charge in [0, 0.05) is 16.8 Å². The number of fused-ring (bicyclic) bond motifs is 1. The quantitative estimate of drug-likeness (QED) is 0.728. The fourth-order valence-electron chi connectivity index (χ4n) is 2.23. The van der Waals surface area contributed by atoms with Crippen LogP contribution in [0.3, 0.4) is 0 Å². The molecule has 2 aromatic carbocycles. The van der Waals surface area contributed by atoms with Crippen molar-refractivity contribution in [2.24, 2.45) is 5.73 Å². The van der Waals surface area contributed by atoms with Crippen molar-refractivity contribution in [3.8, 4) is 11.1 Å². The maximum absolute atomic E-state index is 5.93. The van der Waals surface area contributed by atoms with E-state index in [9.17, 15) is 0 Å². The number of benzene rings is 2. The van der Waals surface area contributed by atoms with Crippen LogP contribution in [0.15, 0.2) is 59.4 Å². The summed E-state index contributed by atoms with van der Waals surface area (Å²) in [6.45, 7) is 2.00. The number of nitrogens with two attached hydrogens (primary N) is 1. The lowest BCUT2D eigenvalue weighted by Gasteiger charge is -2.09. The first-order valence-corrected chi connectivity index (χ1v) is 6.06. The molecule has 90 valence electrons. The van der Waals surface area contributed by atoms with E-state index < -0.39 is 0 Å². The highest BCUT2D eigenvalue weighted by atomic mass is 16.3. The molecule has 2 heteroatoms. The van der Waals surface area contributed by atoms with Crippen molar-refractivity contribution in [1.82, 2.24) is 0 Å². The van der Waals surface area contributed by atoms with Crippen molar-refractivity contribution in [3.05, 3.63) is 60.6 Å². The van der Waals surface area contributed by atoms with Gasteiger partial charge in [-0.3, -0.25) is 0 Å². The molecular weight excluding hydrogens is 222 g/mol. The van der Waals surface area contributed by atoms with Crippen molar-refractivity contribution >= 4 is 10.8 Å². The van der Waals surface area contributed by atoms with E-state index in [-0.39, 0.29) is 6.04 Å². The average molecular weight is 237 g/mol. The first-order chi connectivity index (χ1) is 8.75. The zero-order valence-electron chi connectivity index (χ0n) is 10.3. The largest absolute Gasteiger partial charge is 0.471 e. The number of furan rings is 1. The van der Waals surface area contributed by atoms with Gasteiger partial charge in [0.25, 0.3) is 0 Å². The Kier molecular flexibility index (Phi) is 2.65. The lowest BCUT2D eigenvalue weighted by Crippen LogP contribution is -2.04. The van der Waals surface area contributed by atoms with E-state index in [0.717, 1.165) is 16.3 Å². The van der Waals surface area contributed by atoms with Crippen molar-refractivity contribution in [3.63, 3.8) is 0 Å². The van der Waals surface area contributed by atoms with Gasteiger partial charge in [0.15, 0.2) is 0 Å². The van der Waals surface area contributed by atoms with Crippen molar-refractivity contribution in [2.45, 2.75) is 13.0 Å². The van der Waals surface area contributed by atoms with E-state index in [1.165, 1.54) is 11.1 Å². The smallest absolute Gasteiger partial charge is 0.0987 e. The van der Waals surface area contributed by atoms with Crippen molar-refractivity contribution < 1.29 is 4.42 Å². The molecule has 18 heavy (non-hydrogen) atoms. The SMILES string of the molecule is C[C@@H](N)c1cccc(-c2cccc3cocc23)c1. The molecular formula is C16H15NO. The van der Waals surface area contributed by atoms with E-state index in [1.54, 1.807) is 12.5 Å². The van der Waals surface area contributed by atoms with Gasteiger partial charge in [-0.1, -0.05) is 36.4 Å². The highest BCUT2D eigenvalue weighted by Crippen LogP contribution is 2.30. The van der Waals surface area contributed by atoms with Crippen LogP contribution in [0.2, 0.25) is 0 Å². The van der Waals surface area contributed by atoms with Crippen LogP contribution >= 0.6 is 0 Å². The van der Waals surface area contributed by atoms with Crippen LogP contribution in [0.1, 0.15) is 18.5 Å². The van der Waals surface area contributed by atoms with Crippen molar-refractivity contribution in [2.75, 3.05) is 0 Å². The third kappa shape index (κ3) is 1.81. The summed E-state index contributed by atoms with van der Waals surface area (Å²) in [5.41, 5.74) is 9.44. The summed E-state index contributed by atoms with van der Waals surface area (Å²) >= 11 is 0. The Bertz CT molecular complexity index is 682. The second-order valence-corrected chi connectivity index (χ2v) is 4.59. The Morgan fingerprint density at radius 3 is 2.72 bits per heavy atom. The van der Waals surface area contributed by atoms with E-state index in [0.29, 0.717) is 0 Å². The molecule has 0 radical (unpaired) electrons. The lowest BCUT2D eigenvalue weighted by atomic mass is 9.98. The molecule has 3 aromatic rings.